The number of nitrogens with one attached hydrogen (secondary N) is 1. The topological polar surface area (TPSA) is 55.6 Å². The fourth-order valence-corrected chi connectivity index (χ4v) is 1.71. The number of benzene rings is 1. The number of hydrogen-bond acceptors (Lipinski definition) is 4. The third-order valence-electron chi connectivity index (χ3n) is 2.32. The van der Waals surface area contributed by atoms with Crippen LogP contribution in [0.25, 0.3) is 0 Å². The average molecular weight is 252 g/mol. The van der Waals surface area contributed by atoms with E-state index >= 15 is 0 Å². The van der Waals surface area contributed by atoms with Gasteiger partial charge in [-0.25, -0.2) is 4.68 Å². The summed E-state index contributed by atoms with van der Waals surface area (Å²) in [7, 11) is 0. The highest BCUT2D eigenvalue weighted by molar-refractivity contribution is 6.30. The summed E-state index contributed by atoms with van der Waals surface area (Å²) >= 11 is 5.90. The monoisotopic (exact) mass is 251 g/mol. The van der Waals surface area contributed by atoms with Crippen molar-refractivity contribution in [1.29, 1.82) is 0 Å². The first-order chi connectivity index (χ1) is 8.29. The lowest BCUT2D eigenvalue weighted by atomic mass is 10.3. The van der Waals surface area contributed by atoms with Crippen LogP contribution in [0.5, 0.6) is 0 Å². The van der Waals surface area contributed by atoms with Gasteiger partial charge in [-0.3, -0.25) is 0 Å². The van der Waals surface area contributed by atoms with E-state index in [0.29, 0.717) is 11.6 Å². The fraction of sp³-hybridized carbons (Fsp3) is 0.364. The van der Waals surface area contributed by atoms with Crippen molar-refractivity contribution >= 4 is 17.3 Å². The van der Waals surface area contributed by atoms with Gasteiger partial charge in [0.1, 0.15) is 0 Å². The van der Waals surface area contributed by atoms with Gasteiger partial charge in [0, 0.05) is 17.3 Å². The molecule has 0 saturated carbocycles. The number of rotatable bonds is 5. The van der Waals surface area contributed by atoms with E-state index in [-0.39, 0.29) is 0 Å². The molecule has 2 rings (SSSR count). The minimum Gasteiger partial charge on any atom is -0.378 e. The summed E-state index contributed by atoms with van der Waals surface area (Å²) in [6, 6.07) is 7.57. The highest BCUT2D eigenvalue weighted by Gasteiger charge is 2.04. The van der Waals surface area contributed by atoms with Gasteiger partial charge in [-0.1, -0.05) is 24.6 Å². The Balaban J connectivity index is 1.99. The molecule has 90 valence electrons. The molecule has 17 heavy (non-hydrogen) atoms. The standard InChI is InChI=1S/C11H14ClN5/c1-2-6-17-11(14-15-16-17)8-13-10-5-3-4-9(12)7-10/h3-5,7,13H,2,6,8H2,1H3. The molecule has 0 aliphatic carbocycles. The van der Waals surface area contributed by atoms with E-state index in [4.69, 9.17) is 11.6 Å². The molecule has 6 heteroatoms. The van der Waals surface area contributed by atoms with Crippen molar-refractivity contribution in [3.05, 3.63) is 35.1 Å². The lowest BCUT2D eigenvalue weighted by Crippen LogP contribution is -2.10. The van der Waals surface area contributed by atoms with E-state index < -0.39 is 0 Å². The molecule has 0 aliphatic rings. The molecule has 0 amide bonds. The summed E-state index contributed by atoms with van der Waals surface area (Å²) in [5.74, 6) is 0.826. The summed E-state index contributed by atoms with van der Waals surface area (Å²) < 4.78 is 1.80. The van der Waals surface area contributed by atoms with Crippen LogP contribution >= 0.6 is 11.6 Å². The summed E-state index contributed by atoms with van der Waals surface area (Å²) in [4.78, 5) is 0. The molecular formula is C11H14ClN5. The molecule has 1 aromatic heterocycles. The fourth-order valence-electron chi connectivity index (χ4n) is 1.51. The van der Waals surface area contributed by atoms with Crippen LogP contribution in [-0.4, -0.2) is 20.2 Å². The van der Waals surface area contributed by atoms with Crippen LogP contribution in [0.2, 0.25) is 5.02 Å². The zero-order valence-corrected chi connectivity index (χ0v) is 10.4. The Bertz CT molecular complexity index is 482. The molecule has 1 heterocycles. The van der Waals surface area contributed by atoms with Gasteiger partial charge in [-0.05, 0) is 35.0 Å². The van der Waals surface area contributed by atoms with Crippen LogP contribution in [0.1, 0.15) is 19.2 Å². The van der Waals surface area contributed by atoms with Crippen molar-refractivity contribution in [1.82, 2.24) is 20.2 Å². The Morgan fingerprint density at radius 1 is 1.41 bits per heavy atom. The second kappa shape index (κ2) is 5.63. The molecule has 0 fully saturated rings. The first kappa shape index (κ1) is 11.9. The van der Waals surface area contributed by atoms with Gasteiger partial charge < -0.3 is 5.32 Å². The van der Waals surface area contributed by atoms with Crippen LogP contribution in [0.15, 0.2) is 24.3 Å². The summed E-state index contributed by atoms with van der Waals surface area (Å²) in [5.41, 5.74) is 0.962. The zero-order valence-electron chi connectivity index (χ0n) is 9.60. The number of aromatic nitrogens is 4. The number of nitrogens with zero attached hydrogens (tertiary/aromatic N) is 4. The third kappa shape index (κ3) is 3.17. The van der Waals surface area contributed by atoms with Crippen molar-refractivity contribution in [2.24, 2.45) is 0 Å². The Morgan fingerprint density at radius 3 is 3.06 bits per heavy atom. The van der Waals surface area contributed by atoms with Crippen LogP contribution in [0, 0.1) is 0 Å². The molecule has 0 bridgehead atoms. The van der Waals surface area contributed by atoms with Crippen molar-refractivity contribution in [2.45, 2.75) is 26.4 Å². The van der Waals surface area contributed by atoms with E-state index in [1.807, 2.05) is 24.3 Å². The maximum absolute atomic E-state index is 5.90. The Morgan fingerprint density at radius 2 is 2.29 bits per heavy atom. The molecule has 0 atom stereocenters. The Kier molecular flexibility index (Phi) is 3.93. The highest BCUT2D eigenvalue weighted by atomic mass is 35.5. The number of tetrazole rings is 1. The molecule has 1 N–H and O–H groups in total. The van der Waals surface area contributed by atoms with E-state index in [0.717, 1.165) is 24.5 Å². The van der Waals surface area contributed by atoms with Crippen molar-refractivity contribution in [2.75, 3.05) is 5.32 Å². The average Bonchev–Trinajstić information content (AvgIpc) is 2.75. The van der Waals surface area contributed by atoms with Crippen LogP contribution in [-0.2, 0) is 13.1 Å². The zero-order chi connectivity index (χ0) is 12.1. The van der Waals surface area contributed by atoms with Gasteiger partial charge in [-0.15, -0.1) is 5.10 Å². The van der Waals surface area contributed by atoms with Crippen molar-refractivity contribution in [3.8, 4) is 0 Å². The summed E-state index contributed by atoms with van der Waals surface area (Å²) in [5, 5.41) is 15.5. The molecule has 0 unspecified atom stereocenters. The normalized spacial score (nSPS) is 10.5. The number of anilines is 1. The minimum atomic E-state index is 0.591. The van der Waals surface area contributed by atoms with E-state index in [1.54, 1.807) is 4.68 Å². The van der Waals surface area contributed by atoms with Crippen molar-refractivity contribution in [3.63, 3.8) is 0 Å². The van der Waals surface area contributed by atoms with Gasteiger partial charge in [-0.2, -0.15) is 0 Å². The maximum Gasteiger partial charge on any atom is 0.170 e. The number of hydrogen-bond donors (Lipinski definition) is 1. The molecule has 5 nitrogen and oxygen atoms in total. The van der Waals surface area contributed by atoms with E-state index in [2.05, 4.69) is 27.8 Å². The van der Waals surface area contributed by atoms with Crippen LogP contribution in [0.4, 0.5) is 5.69 Å². The van der Waals surface area contributed by atoms with E-state index in [1.165, 1.54) is 0 Å². The quantitative estimate of drug-likeness (QED) is 0.886. The minimum absolute atomic E-state index is 0.591. The lowest BCUT2D eigenvalue weighted by Gasteiger charge is -2.06. The largest absolute Gasteiger partial charge is 0.378 e. The van der Waals surface area contributed by atoms with Gasteiger partial charge in [0.15, 0.2) is 5.82 Å². The van der Waals surface area contributed by atoms with Gasteiger partial charge in [0.05, 0.1) is 6.54 Å². The Hall–Kier alpha value is -1.62. The SMILES string of the molecule is CCCn1nnnc1CNc1cccc(Cl)c1. The number of aryl methyl sites for hydroxylation is 1. The first-order valence-electron chi connectivity index (χ1n) is 5.54. The molecule has 0 saturated heterocycles. The molecule has 0 radical (unpaired) electrons. The molecular weight excluding hydrogens is 238 g/mol. The molecule has 1 aromatic carbocycles. The third-order valence-corrected chi connectivity index (χ3v) is 2.55. The van der Waals surface area contributed by atoms with Crippen LogP contribution < -0.4 is 5.32 Å². The summed E-state index contributed by atoms with van der Waals surface area (Å²) in [6.07, 6.45) is 1.01. The smallest absolute Gasteiger partial charge is 0.170 e. The molecule has 2 aromatic rings. The predicted octanol–water partition coefficient (Wildman–Crippen LogP) is 2.35. The van der Waals surface area contributed by atoms with Gasteiger partial charge >= 0.3 is 0 Å². The van der Waals surface area contributed by atoms with E-state index in [9.17, 15) is 0 Å². The Labute approximate surface area is 105 Å². The van der Waals surface area contributed by atoms with Gasteiger partial charge in [0.25, 0.3) is 0 Å². The highest BCUT2D eigenvalue weighted by Crippen LogP contribution is 2.15. The summed E-state index contributed by atoms with van der Waals surface area (Å²) in [6.45, 7) is 3.52. The van der Waals surface area contributed by atoms with Crippen LogP contribution in [0.3, 0.4) is 0 Å². The predicted molar refractivity (Wildman–Crippen MR) is 66.9 cm³/mol. The second-order valence-corrected chi connectivity index (χ2v) is 4.12. The van der Waals surface area contributed by atoms with Crippen molar-refractivity contribution < 1.29 is 0 Å². The lowest BCUT2D eigenvalue weighted by molar-refractivity contribution is 0.558. The van der Waals surface area contributed by atoms with Gasteiger partial charge in [0.2, 0.25) is 0 Å². The first-order valence-corrected chi connectivity index (χ1v) is 5.92. The molecule has 0 spiro atoms. The molecule has 0 aliphatic heterocycles. The maximum atomic E-state index is 5.90. The second-order valence-electron chi connectivity index (χ2n) is 3.68. The number of halogens is 1.